The quantitative estimate of drug-likeness (QED) is 0.327. The molecule has 2 saturated heterocycles. The van der Waals surface area contributed by atoms with Crippen molar-refractivity contribution >= 4 is 35.1 Å². The van der Waals surface area contributed by atoms with Crippen molar-refractivity contribution in [1.82, 2.24) is 35.4 Å². The molecule has 13 nitrogen and oxygen atoms in total. The first-order valence-corrected chi connectivity index (χ1v) is 13.9. The Labute approximate surface area is 234 Å². The fraction of sp³-hybridized carbons (Fsp3) is 0.429. The summed E-state index contributed by atoms with van der Waals surface area (Å²) in [6.07, 6.45) is 3.90. The van der Waals surface area contributed by atoms with Gasteiger partial charge in [0.25, 0.3) is 17.7 Å². The van der Waals surface area contributed by atoms with Gasteiger partial charge in [-0.1, -0.05) is 0 Å². The van der Waals surface area contributed by atoms with Gasteiger partial charge in [-0.2, -0.15) is 0 Å². The Kier molecular flexibility index (Phi) is 5.84. The molecule has 3 aromatic rings. The van der Waals surface area contributed by atoms with Crippen molar-refractivity contribution in [2.75, 3.05) is 18.8 Å². The van der Waals surface area contributed by atoms with E-state index in [0.717, 1.165) is 18.4 Å². The van der Waals surface area contributed by atoms with E-state index in [-0.39, 0.29) is 53.3 Å². The number of ether oxygens (including phenoxy) is 1. The SMILES string of the molecule is C[C@@H](C1CC1)N1Cc2cc(-c3ccn4nc(N)c(C(=O)N[C@H]5CNC(=O)C5)c4n3)cc(O[C@@H]3CCNC3=O)c2C1=O. The summed E-state index contributed by atoms with van der Waals surface area (Å²) in [5.41, 5.74) is 8.97. The normalized spacial score (nSPS) is 22.6. The van der Waals surface area contributed by atoms with Gasteiger partial charge in [-0.25, -0.2) is 9.50 Å². The molecule has 5 N–H and O–H groups in total. The number of nitrogen functional groups attached to an aromatic ring is 1. The fourth-order valence-corrected chi connectivity index (χ4v) is 5.97. The highest BCUT2D eigenvalue weighted by Gasteiger charge is 2.41. The summed E-state index contributed by atoms with van der Waals surface area (Å²) in [7, 11) is 0. The van der Waals surface area contributed by atoms with Crippen molar-refractivity contribution in [3.63, 3.8) is 0 Å². The number of hydrogen-bond acceptors (Lipinski definition) is 8. The van der Waals surface area contributed by atoms with Crippen LogP contribution in [0.4, 0.5) is 5.82 Å². The van der Waals surface area contributed by atoms with Crippen LogP contribution in [-0.4, -0.2) is 74.4 Å². The molecule has 5 heterocycles. The number of amides is 4. The molecule has 0 spiro atoms. The second-order valence-corrected chi connectivity index (χ2v) is 11.2. The summed E-state index contributed by atoms with van der Waals surface area (Å²) in [6.45, 7) is 3.38. The third-order valence-electron chi connectivity index (χ3n) is 8.41. The number of nitrogens with two attached hydrogens (primary N) is 1. The molecule has 4 aliphatic rings. The molecule has 41 heavy (non-hydrogen) atoms. The monoisotopic (exact) mass is 558 g/mol. The third-order valence-corrected chi connectivity index (χ3v) is 8.41. The van der Waals surface area contributed by atoms with Gasteiger partial charge in [0.15, 0.2) is 17.6 Å². The van der Waals surface area contributed by atoms with E-state index < -0.39 is 12.0 Å². The van der Waals surface area contributed by atoms with Gasteiger partial charge < -0.3 is 31.3 Å². The predicted octanol–water partition coefficient (Wildman–Crippen LogP) is 0.618. The molecule has 1 saturated carbocycles. The topological polar surface area (TPSA) is 173 Å². The number of fused-ring (bicyclic) bond motifs is 2. The maximum Gasteiger partial charge on any atom is 0.261 e. The molecular weight excluding hydrogens is 528 g/mol. The van der Waals surface area contributed by atoms with Crippen LogP contribution in [0.2, 0.25) is 0 Å². The molecule has 0 bridgehead atoms. The van der Waals surface area contributed by atoms with Crippen LogP contribution in [0.25, 0.3) is 16.9 Å². The van der Waals surface area contributed by atoms with Gasteiger partial charge in [-0.3, -0.25) is 19.2 Å². The van der Waals surface area contributed by atoms with Gasteiger partial charge in [-0.05, 0) is 49.4 Å². The van der Waals surface area contributed by atoms with Crippen LogP contribution in [-0.2, 0) is 16.1 Å². The smallest absolute Gasteiger partial charge is 0.261 e. The van der Waals surface area contributed by atoms with Gasteiger partial charge in [-0.15, -0.1) is 5.10 Å². The van der Waals surface area contributed by atoms with Crippen LogP contribution < -0.4 is 26.4 Å². The number of hydrogen-bond donors (Lipinski definition) is 4. The summed E-state index contributed by atoms with van der Waals surface area (Å²) in [5.74, 6) is -0.0315. The molecule has 13 heteroatoms. The minimum atomic E-state index is -0.686. The van der Waals surface area contributed by atoms with Crippen LogP contribution in [0.3, 0.4) is 0 Å². The summed E-state index contributed by atoms with van der Waals surface area (Å²) < 4.78 is 7.61. The molecular formula is C28H30N8O5. The molecule has 0 unspecified atom stereocenters. The summed E-state index contributed by atoms with van der Waals surface area (Å²) in [6, 6.07) is 5.16. The molecule has 2 aromatic heterocycles. The molecule has 3 atom stereocenters. The molecule has 7 rings (SSSR count). The number of carbonyl (C=O) groups is 4. The number of rotatable bonds is 7. The Morgan fingerprint density at radius 1 is 1.20 bits per heavy atom. The van der Waals surface area contributed by atoms with Crippen molar-refractivity contribution < 1.29 is 23.9 Å². The Hall–Kier alpha value is -4.68. The minimum Gasteiger partial charge on any atom is -0.480 e. The average Bonchev–Trinajstić information content (AvgIpc) is 3.28. The van der Waals surface area contributed by atoms with E-state index in [9.17, 15) is 19.2 Å². The van der Waals surface area contributed by atoms with E-state index in [1.165, 1.54) is 4.52 Å². The highest BCUT2D eigenvalue weighted by atomic mass is 16.5. The van der Waals surface area contributed by atoms with Crippen molar-refractivity contribution in [3.8, 4) is 17.0 Å². The second-order valence-electron chi connectivity index (χ2n) is 11.2. The first-order chi connectivity index (χ1) is 19.8. The highest BCUT2D eigenvalue weighted by molar-refractivity contribution is 6.05. The lowest BCUT2D eigenvalue weighted by atomic mass is 10.0. The Balaban J connectivity index is 1.27. The average molecular weight is 559 g/mol. The van der Waals surface area contributed by atoms with Gasteiger partial charge >= 0.3 is 0 Å². The van der Waals surface area contributed by atoms with E-state index in [0.29, 0.717) is 54.5 Å². The second kappa shape index (κ2) is 9.46. The zero-order valence-corrected chi connectivity index (χ0v) is 22.5. The number of carbonyl (C=O) groups excluding carboxylic acids is 4. The zero-order valence-electron chi connectivity index (χ0n) is 22.5. The number of anilines is 1. The third kappa shape index (κ3) is 4.41. The van der Waals surface area contributed by atoms with Gasteiger partial charge in [0.05, 0.1) is 17.3 Å². The number of nitrogens with one attached hydrogen (secondary N) is 3. The standard InChI is InChI=1S/C28H30N8O5/c1-13(14-2-3-14)35-12-16-8-15(9-20(22(16)28(35)40)41-19-4-6-30-26(19)38)18-5-7-36-25(33-18)23(24(29)34-36)27(39)32-17-10-21(37)31-11-17/h5,7-9,13-14,17,19H,2-4,6,10-12H2,1H3,(H2,29,34)(H,30,38)(H,31,37)(H,32,39)/t13-,17+,19+/m0/s1. The molecule has 212 valence electrons. The van der Waals surface area contributed by atoms with Crippen LogP contribution in [0.5, 0.6) is 5.75 Å². The van der Waals surface area contributed by atoms with Crippen LogP contribution in [0, 0.1) is 5.92 Å². The highest BCUT2D eigenvalue weighted by Crippen LogP contribution is 2.42. The van der Waals surface area contributed by atoms with Crippen LogP contribution in [0.15, 0.2) is 24.4 Å². The number of benzene rings is 1. The molecule has 3 fully saturated rings. The van der Waals surface area contributed by atoms with Gasteiger partial charge in [0.1, 0.15) is 11.3 Å². The Bertz CT molecular complexity index is 1630. The molecule has 4 amide bonds. The van der Waals surface area contributed by atoms with Crippen molar-refractivity contribution in [1.29, 1.82) is 0 Å². The lowest BCUT2D eigenvalue weighted by Gasteiger charge is -2.24. The Morgan fingerprint density at radius 3 is 2.73 bits per heavy atom. The molecule has 0 radical (unpaired) electrons. The van der Waals surface area contributed by atoms with Crippen molar-refractivity contribution in [2.45, 2.75) is 57.3 Å². The summed E-state index contributed by atoms with van der Waals surface area (Å²) >= 11 is 0. The Morgan fingerprint density at radius 2 is 2.02 bits per heavy atom. The van der Waals surface area contributed by atoms with E-state index in [2.05, 4.69) is 28.0 Å². The van der Waals surface area contributed by atoms with Gasteiger partial charge in [0, 0.05) is 50.3 Å². The lowest BCUT2D eigenvalue weighted by Crippen LogP contribution is -2.36. The largest absolute Gasteiger partial charge is 0.480 e. The molecule has 3 aliphatic heterocycles. The maximum absolute atomic E-state index is 13.6. The van der Waals surface area contributed by atoms with E-state index in [4.69, 9.17) is 15.5 Å². The lowest BCUT2D eigenvalue weighted by molar-refractivity contribution is -0.125. The van der Waals surface area contributed by atoms with Gasteiger partial charge in [0.2, 0.25) is 5.91 Å². The summed E-state index contributed by atoms with van der Waals surface area (Å²) in [4.78, 5) is 57.3. The fourth-order valence-electron chi connectivity index (χ4n) is 5.97. The van der Waals surface area contributed by atoms with E-state index in [1.807, 2.05) is 11.0 Å². The summed E-state index contributed by atoms with van der Waals surface area (Å²) in [5, 5.41) is 12.5. The van der Waals surface area contributed by atoms with E-state index >= 15 is 0 Å². The number of nitrogens with zero attached hydrogens (tertiary/aromatic N) is 4. The van der Waals surface area contributed by atoms with E-state index in [1.54, 1.807) is 18.3 Å². The first kappa shape index (κ1) is 25.3. The van der Waals surface area contributed by atoms with Crippen LogP contribution in [0.1, 0.15) is 58.9 Å². The minimum absolute atomic E-state index is 0.0185. The molecule has 1 aliphatic carbocycles. The van der Waals surface area contributed by atoms with Crippen molar-refractivity contribution in [2.24, 2.45) is 5.92 Å². The first-order valence-electron chi connectivity index (χ1n) is 13.9. The van der Waals surface area contributed by atoms with Crippen molar-refractivity contribution in [3.05, 3.63) is 41.1 Å². The predicted molar refractivity (Wildman–Crippen MR) is 146 cm³/mol. The molecule has 1 aromatic carbocycles. The van der Waals surface area contributed by atoms with Crippen LogP contribution >= 0.6 is 0 Å². The number of aromatic nitrogens is 3. The zero-order chi connectivity index (χ0) is 28.4. The maximum atomic E-state index is 13.6.